The number of rotatable bonds is 3. The molecule has 2 N–H and O–H groups in total. The Hall–Kier alpha value is -1.81. The molecule has 0 amide bonds. The molecule has 0 saturated heterocycles. The number of fused-ring (bicyclic) bond motifs is 1. The number of aromatic nitrogens is 1. The van der Waals surface area contributed by atoms with Crippen molar-refractivity contribution in [1.82, 2.24) is 4.98 Å². The van der Waals surface area contributed by atoms with Crippen molar-refractivity contribution in [2.24, 2.45) is 0 Å². The highest BCUT2D eigenvalue weighted by Crippen LogP contribution is 2.25. The van der Waals surface area contributed by atoms with E-state index >= 15 is 0 Å². The van der Waals surface area contributed by atoms with Crippen molar-refractivity contribution in [3.05, 3.63) is 64.0 Å². The lowest BCUT2D eigenvalue weighted by molar-refractivity contribution is 0.621. The monoisotopic (exact) mass is 332 g/mol. The number of anilines is 1. The summed E-state index contributed by atoms with van der Waals surface area (Å²) in [6.45, 7) is 2.61. The molecule has 0 unspecified atom stereocenters. The molecule has 0 radical (unpaired) electrons. The third-order valence-electron chi connectivity index (χ3n) is 3.41. The van der Waals surface area contributed by atoms with E-state index in [4.69, 9.17) is 0 Å². The van der Waals surface area contributed by atoms with Gasteiger partial charge in [0.05, 0.1) is 9.99 Å². The number of halogens is 2. The first kappa shape index (κ1) is 13.2. The molecule has 3 rings (SSSR count). The van der Waals surface area contributed by atoms with Crippen molar-refractivity contribution in [2.75, 3.05) is 5.32 Å². The first-order chi connectivity index (χ1) is 9.65. The lowest BCUT2D eigenvalue weighted by atomic mass is 10.1. The van der Waals surface area contributed by atoms with Crippen LogP contribution in [-0.2, 0) is 6.54 Å². The number of para-hydroxylation sites is 1. The number of H-pyrrole nitrogens is 1. The normalized spacial score (nSPS) is 10.9. The van der Waals surface area contributed by atoms with Crippen LogP contribution in [0.1, 0.15) is 11.1 Å². The zero-order valence-corrected chi connectivity index (χ0v) is 12.6. The van der Waals surface area contributed by atoms with E-state index in [1.54, 1.807) is 6.07 Å². The fourth-order valence-electron chi connectivity index (χ4n) is 2.32. The molecule has 20 heavy (non-hydrogen) atoms. The highest BCUT2D eigenvalue weighted by Gasteiger charge is 2.06. The molecular weight excluding hydrogens is 319 g/mol. The van der Waals surface area contributed by atoms with Crippen molar-refractivity contribution < 1.29 is 4.39 Å². The van der Waals surface area contributed by atoms with Crippen LogP contribution in [0.25, 0.3) is 10.9 Å². The Kier molecular flexibility index (Phi) is 3.49. The molecule has 2 aromatic carbocycles. The van der Waals surface area contributed by atoms with Crippen molar-refractivity contribution in [3.63, 3.8) is 0 Å². The second kappa shape index (κ2) is 5.29. The Balaban J connectivity index is 1.86. The van der Waals surface area contributed by atoms with Gasteiger partial charge in [-0.1, -0.05) is 18.2 Å². The molecule has 1 aromatic heterocycles. The molecule has 102 valence electrons. The van der Waals surface area contributed by atoms with Crippen LogP contribution in [0.3, 0.4) is 0 Å². The van der Waals surface area contributed by atoms with Crippen LogP contribution >= 0.6 is 15.9 Å². The summed E-state index contributed by atoms with van der Waals surface area (Å²) in [5.74, 6) is -0.254. The summed E-state index contributed by atoms with van der Waals surface area (Å²) in [6, 6.07) is 11.5. The fourth-order valence-corrected chi connectivity index (χ4v) is 2.78. The minimum absolute atomic E-state index is 0.254. The van der Waals surface area contributed by atoms with Crippen LogP contribution in [0.15, 0.2) is 47.1 Å². The first-order valence-electron chi connectivity index (χ1n) is 6.39. The molecule has 0 atom stereocenters. The van der Waals surface area contributed by atoms with Crippen molar-refractivity contribution in [3.8, 4) is 0 Å². The molecule has 0 aliphatic carbocycles. The number of nitrogens with one attached hydrogen (secondary N) is 2. The summed E-state index contributed by atoms with van der Waals surface area (Å²) in [6.07, 6.45) is 1.93. The van der Waals surface area contributed by atoms with Gasteiger partial charge in [-0.05, 0) is 57.6 Å². The largest absolute Gasteiger partial charge is 0.381 e. The Morgan fingerprint density at radius 2 is 2.10 bits per heavy atom. The van der Waals surface area contributed by atoms with Gasteiger partial charge in [0.2, 0.25) is 0 Å². The predicted molar refractivity (Wildman–Crippen MR) is 84.5 cm³/mol. The smallest absolute Gasteiger partial charge is 0.139 e. The van der Waals surface area contributed by atoms with Gasteiger partial charge in [-0.3, -0.25) is 0 Å². The maximum absolute atomic E-state index is 13.6. The molecule has 2 nitrogen and oxygen atoms in total. The number of aryl methyl sites for hydroxylation is 1. The van der Waals surface area contributed by atoms with E-state index in [0.717, 1.165) is 22.3 Å². The second-order valence-electron chi connectivity index (χ2n) is 4.79. The molecule has 0 aliphatic rings. The Bertz CT molecular complexity index is 764. The van der Waals surface area contributed by atoms with Gasteiger partial charge in [-0.25, -0.2) is 4.39 Å². The number of aromatic amines is 1. The Morgan fingerprint density at radius 3 is 2.95 bits per heavy atom. The van der Waals surface area contributed by atoms with E-state index in [1.165, 1.54) is 11.5 Å². The van der Waals surface area contributed by atoms with Gasteiger partial charge in [0.25, 0.3) is 0 Å². The quantitative estimate of drug-likeness (QED) is 0.694. The van der Waals surface area contributed by atoms with Crippen LogP contribution in [-0.4, -0.2) is 4.98 Å². The SMILES string of the molecule is Cc1cc(Br)c(F)cc1NCc1cccc2cc[nH]c12. The summed E-state index contributed by atoms with van der Waals surface area (Å²) in [4.78, 5) is 3.24. The van der Waals surface area contributed by atoms with Gasteiger partial charge >= 0.3 is 0 Å². The molecule has 0 saturated carbocycles. The van der Waals surface area contributed by atoms with Crippen molar-refractivity contribution in [2.45, 2.75) is 13.5 Å². The maximum atomic E-state index is 13.6. The van der Waals surface area contributed by atoms with E-state index in [9.17, 15) is 4.39 Å². The minimum Gasteiger partial charge on any atom is -0.381 e. The summed E-state index contributed by atoms with van der Waals surface area (Å²) in [5.41, 5.74) is 4.11. The Labute approximate surface area is 125 Å². The summed E-state index contributed by atoms with van der Waals surface area (Å²) < 4.78 is 14.1. The summed E-state index contributed by atoms with van der Waals surface area (Å²) >= 11 is 3.20. The summed E-state index contributed by atoms with van der Waals surface area (Å²) in [5, 5.41) is 4.48. The van der Waals surface area contributed by atoms with Crippen LogP contribution in [0.2, 0.25) is 0 Å². The van der Waals surface area contributed by atoms with Gasteiger partial charge in [0.15, 0.2) is 0 Å². The molecule has 0 bridgehead atoms. The zero-order valence-electron chi connectivity index (χ0n) is 11.0. The topological polar surface area (TPSA) is 27.8 Å². The van der Waals surface area contributed by atoms with Gasteiger partial charge in [0.1, 0.15) is 5.82 Å². The second-order valence-corrected chi connectivity index (χ2v) is 5.65. The van der Waals surface area contributed by atoms with E-state index in [2.05, 4.69) is 38.4 Å². The van der Waals surface area contributed by atoms with Crippen LogP contribution < -0.4 is 5.32 Å². The molecule has 4 heteroatoms. The van der Waals surface area contributed by atoms with E-state index in [-0.39, 0.29) is 5.82 Å². The van der Waals surface area contributed by atoms with Gasteiger partial charge in [0, 0.05) is 18.4 Å². The molecule has 0 aliphatic heterocycles. The molecular formula is C16H14BrFN2. The highest BCUT2D eigenvalue weighted by atomic mass is 79.9. The van der Waals surface area contributed by atoms with Gasteiger partial charge in [-0.2, -0.15) is 0 Å². The van der Waals surface area contributed by atoms with Crippen LogP contribution in [0, 0.1) is 12.7 Å². The summed E-state index contributed by atoms with van der Waals surface area (Å²) in [7, 11) is 0. The molecule has 3 aromatic rings. The van der Waals surface area contributed by atoms with Crippen LogP contribution in [0.4, 0.5) is 10.1 Å². The zero-order chi connectivity index (χ0) is 14.1. The standard InChI is InChI=1S/C16H14BrFN2/c1-10-7-13(17)14(18)8-15(10)20-9-12-4-2-3-11-5-6-19-16(11)12/h2-8,19-20H,9H2,1H3. The van der Waals surface area contributed by atoms with E-state index in [0.29, 0.717) is 11.0 Å². The van der Waals surface area contributed by atoms with E-state index in [1.807, 2.05) is 25.3 Å². The van der Waals surface area contributed by atoms with Crippen molar-refractivity contribution >= 4 is 32.5 Å². The minimum atomic E-state index is -0.254. The van der Waals surface area contributed by atoms with Crippen molar-refractivity contribution in [1.29, 1.82) is 0 Å². The average molecular weight is 333 g/mol. The molecule has 0 spiro atoms. The van der Waals surface area contributed by atoms with Gasteiger partial charge in [-0.15, -0.1) is 0 Å². The third kappa shape index (κ3) is 2.43. The van der Waals surface area contributed by atoms with Gasteiger partial charge < -0.3 is 10.3 Å². The molecule has 0 fully saturated rings. The maximum Gasteiger partial charge on any atom is 0.139 e. The lowest BCUT2D eigenvalue weighted by Gasteiger charge is -2.11. The number of benzene rings is 2. The molecule has 1 heterocycles. The fraction of sp³-hybridized carbons (Fsp3) is 0.125. The lowest BCUT2D eigenvalue weighted by Crippen LogP contribution is -2.02. The Morgan fingerprint density at radius 1 is 1.25 bits per heavy atom. The highest BCUT2D eigenvalue weighted by molar-refractivity contribution is 9.10. The number of hydrogen-bond acceptors (Lipinski definition) is 1. The average Bonchev–Trinajstić information content (AvgIpc) is 2.90. The van der Waals surface area contributed by atoms with E-state index < -0.39 is 0 Å². The predicted octanol–water partition coefficient (Wildman–Crippen LogP) is 4.99. The first-order valence-corrected chi connectivity index (χ1v) is 7.19. The van der Waals surface area contributed by atoms with Crippen LogP contribution in [0.5, 0.6) is 0 Å². The third-order valence-corrected chi connectivity index (χ3v) is 4.02. The number of hydrogen-bond donors (Lipinski definition) is 2.